The van der Waals surface area contributed by atoms with Crippen LogP contribution >= 0.6 is 15.9 Å². The van der Waals surface area contributed by atoms with Crippen LogP contribution in [0.5, 0.6) is 5.75 Å². The lowest BCUT2D eigenvalue weighted by molar-refractivity contribution is -0.142. The van der Waals surface area contributed by atoms with Gasteiger partial charge < -0.3 is 19.0 Å². The first-order valence-corrected chi connectivity index (χ1v) is 7.26. The fourth-order valence-electron chi connectivity index (χ4n) is 1.89. The number of halogens is 1. The minimum absolute atomic E-state index is 0.168. The van der Waals surface area contributed by atoms with Crippen LogP contribution < -0.4 is 4.74 Å². The summed E-state index contributed by atoms with van der Waals surface area (Å²) in [5, 5.41) is 4.03. The Morgan fingerprint density at radius 3 is 3.05 bits per heavy atom. The number of carbonyl (C=O) groups is 1. The van der Waals surface area contributed by atoms with Crippen LogP contribution in [0.25, 0.3) is 0 Å². The predicted octanol–water partition coefficient (Wildman–Crippen LogP) is 2.14. The van der Waals surface area contributed by atoms with Gasteiger partial charge in [0.15, 0.2) is 6.61 Å². The SMILES string of the molecule is CCOC1CON=C1c1cc(Br)ccc1OCC(=O)OC. The molecule has 1 heterocycles. The summed E-state index contributed by atoms with van der Waals surface area (Å²) in [7, 11) is 1.31. The highest BCUT2D eigenvalue weighted by Gasteiger charge is 2.28. The number of hydrogen-bond acceptors (Lipinski definition) is 6. The monoisotopic (exact) mass is 357 g/mol. The molecule has 21 heavy (non-hydrogen) atoms. The average molecular weight is 358 g/mol. The number of hydrogen-bond donors (Lipinski definition) is 0. The van der Waals surface area contributed by atoms with E-state index in [-0.39, 0.29) is 12.7 Å². The van der Waals surface area contributed by atoms with Crippen LogP contribution in [0.3, 0.4) is 0 Å². The molecule has 1 unspecified atom stereocenters. The first-order valence-electron chi connectivity index (χ1n) is 6.46. The highest BCUT2D eigenvalue weighted by molar-refractivity contribution is 9.10. The molecule has 0 radical (unpaired) electrons. The smallest absolute Gasteiger partial charge is 0.343 e. The van der Waals surface area contributed by atoms with E-state index >= 15 is 0 Å². The molecule has 0 aliphatic carbocycles. The molecule has 6 nitrogen and oxygen atoms in total. The molecule has 1 aliphatic heterocycles. The van der Waals surface area contributed by atoms with E-state index in [9.17, 15) is 4.79 Å². The lowest BCUT2D eigenvalue weighted by Crippen LogP contribution is -2.25. The van der Waals surface area contributed by atoms with Crippen LogP contribution in [0.2, 0.25) is 0 Å². The van der Waals surface area contributed by atoms with E-state index in [4.69, 9.17) is 14.3 Å². The molecule has 0 saturated heterocycles. The second-order valence-electron chi connectivity index (χ2n) is 4.22. The third-order valence-corrected chi connectivity index (χ3v) is 3.35. The third-order valence-electron chi connectivity index (χ3n) is 2.85. The summed E-state index contributed by atoms with van der Waals surface area (Å²) in [5.74, 6) is 0.0763. The second kappa shape index (κ2) is 7.42. The molecule has 114 valence electrons. The second-order valence-corrected chi connectivity index (χ2v) is 5.14. The van der Waals surface area contributed by atoms with Crippen molar-refractivity contribution in [2.75, 3.05) is 26.9 Å². The maximum atomic E-state index is 11.2. The predicted molar refractivity (Wildman–Crippen MR) is 79.6 cm³/mol. The summed E-state index contributed by atoms with van der Waals surface area (Å²) in [6, 6.07) is 5.43. The van der Waals surface area contributed by atoms with E-state index < -0.39 is 5.97 Å². The Morgan fingerprint density at radius 1 is 1.52 bits per heavy atom. The summed E-state index contributed by atoms with van der Waals surface area (Å²) in [6.45, 7) is 2.66. The molecule has 0 bridgehead atoms. The van der Waals surface area contributed by atoms with Crippen molar-refractivity contribution in [3.8, 4) is 5.75 Å². The number of carbonyl (C=O) groups excluding carboxylic acids is 1. The summed E-state index contributed by atoms with van der Waals surface area (Å²) in [5.41, 5.74) is 1.38. The van der Waals surface area contributed by atoms with Crippen LogP contribution in [0.15, 0.2) is 27.8 Å². The zero-order chi connectivity index (χ0) is 15.2. The Kier molecular flexibility index (Phi) is 5.58. The van der Waals surface area contributed by atoms with Gasteiger partial charge in [0.1, 0.15) is 24.2 Å². The molecule has 0 aromatic heterocycles. The van der Waals surface area contributed by atoms with Gasteiger partial charge in [-0.2, -0.15) is 0 Å². The zero-order valence-corrected chi connectivity index (χ0v) is 13.4. The fourth-order valence-corrected chi connectivity index (χ4v) is 2.25. The van der Waals surface area contributed by atoms with Crippen molar-refractivity contribution in [3.05, 3.63) is 28.2 Å². The molecule has 7 heteroatoms. The molecule has 1 aliphatic rings. The minimum Gasteiger partial charge on any atom is -0.481 e. The molecule has 0 N–H and O–H groups in total. The van der Waals surface area contributed by atoms with Crippen LogP contribution in [-0.4, -0.2) is 44.7 Å². The van der Waals surface area contributed by atoms with E-state index in [1.165, 1.54) is 7.11 Å². The molecule has 1 atom stereocenters. The van der Waals surface area contributed by atoms with Gasteiger partial charge in [0.05, 0.1) is 7.11 Å². The highest BCUT2D eigenvalue weighted by atomic mass is 79.9. The van der Waals surface area contributed by atoms with Gasteiger partial charge in [-0.3, -0.25) is 0 Å². The Hall–Kier alpha value is -1.60. The minimum atomic E-state index is -0.449. The van der Waals surface area contributed by atoms with E-state index in [1.807, 2.05) is 19.1 Å². The normalized spacial score (nSPS) is 17.1. The van der Waals surface area contributed by atoms with Crippen molar-refractivity contribution in [3.63, 3.8) is 0 Å². The summed E-state index contributed by atoms with van der Waals surface area (Å²) in [4.78, 5) is 16.3. The van der Waals surface area contributed by atoms with Crippen LogP contribution in [0.4, 0.5) is 0 Å². The van der Waals surface area contributed by atoms with Crippen LogP contribution in [0.1, 0.15) is 12.5 Å². The lowest BCUT2D eigenvalue weighted by Gasteiger charge is -2.14. The largest absolute Gasteiger partial charge is 0.481 e. The van der Waals surface area contributed by atoms with E-state index in [0.717, 1.165) is 10.0 Å². The summed E-state index contributed by atoms with van der Waals surface area (Å²) in [6.07, 6.45) is -0.246. The van der Waals surface area contributed by atoms with Gasteiger partial charge in [-0.05, 0) is 25.1 Å². The van der Waals surface area contributed by atoms with Gasteiger partial charge >= 0.3 is 5.97 Å². The Labute approximate surface area is 131 Å². The Balaban J connectivity index is 2.24. The summed E-state index contributed by atoms with van der Waals surface area (Å²) < 4.78 is 16.5. The quantitative estimate of drug-likeness (QED) is 0.729. The Morgan fingerprint density at radius 2 is 2.33 bits per heavy atom. The van der Waals surface area contributed by atoms with Gasteiger partial charge in [-0.25, -0.2) is 4.79 Å². The fraction of sp³-hybridized carbons (Fsp3) is 0.429. The van der Waals surface area contributed by atoms with Crippen LogP contribution in [0, 0.1) is 0 Å². The van der Waals surface area contributed by atoms with E-state index in [2.05, 4.69) is 25.8 Å². The molecule has 2 rings (SSSR count). The van der Waals surface area contributed by atoms with Crippen molar-refractivity contribution in [1.29, 1.82) is 0 Å². The average Bonchev–Trinajstić information content (AvgIpc) is 2.94. The molecular weight excluding hydrogens is 342 g/mol. The topological polar surface area (TPSA) is 66.3 Å². The third kappa shape index (κ3) is 3.95. The van der Waals surface area contributed by atoms with Crippen molar-refractivity contribution in [1.82, 2.24) is 0 Å². The number of nitrogens with zero attached hydrogens (tertiary/aromatic N) is 1. The number of esters is 1. The molecule has 0 spiro atoms. The maximum Gasteiger partial charge on any atom is 0.343 e. The number of oxime groups is 1. The first kappa shape index (κ1) is 15.8. The highest BCUT2D eigenvalue weighted by Crippen LogP contribution is 2.27. The lowest BCUT2D eigenvalue weighted by atomic mass is 10.0. The molecular formula is C14H16BrNO5. The standard InChI is InChI=1S/C14H16BrNO5/c1-3-19-12-7-21-16-14(12)10-6-9(15)4-5-11(10)20-8-13(17)18-2/h4-6,12H,3,7-8H2,1-2H3. The van der Waals surface area contributed by atoms with Crippen molar-refractivity contribution < 1.29 is 23.8 Å². The van der Waals surface area contributed by atoms with Crippen molar-refractivity contribution >= 4 is 27.6 Å². The van der Waals surface area contributed by atoms with Gasteiger partial charge in [0.2, 0.25) is 0 Å². The van der Waals surface area contributed by atoms with Gasteiger partial charge in [-0.15, -0.1) is 0 Å². The molecule has 0 saturated carbocycles. The van der Waals surface area contributed by atoms with Crippen LogP contribution in [-0.2, 0) is 19.1 Å². The van der Waals surface area contributed by atoms with Crippen molar-refractivity contribution in [2.45, 2.75) is 13.0 Å². The molecule has 1 aromatic rings. The molecule has 1 aromatic carbocycles. The first-order chi connectivity index (χ1) is 10.2. The van der Waals surface area contributed by atoms with E-state index in [0.29, 0.717) is 24.7 Å². The van der Waals surface area contributed by atoms with Gasteiger partial charge in [0.25, 0.3) is 0 Å². The van der Waals surface area contributed by atoms with Gasteiger partial charge in [0, 0.05) is 16.6 Å². The molecule has 0 fully saturated rings. The van der Waals surface area contributed by atoms with Gasteiger partial charge in [-0.1, -0.05) is 21.1 Å². The molecule has 0 amide bonds. The Bertz CT molecular complexity index is 546. The zero-order valence-electron chi connectivity index (χ0n) is 11.8. The number of methoxy groups -OCH3 is 1. The number of benzene rings is 1. The van der Waals surface area contributed by atoms with E-state index in [1.54, 1.807) is 6.07 Å². The van der Waals surface area contributed by atoms with Crippen molar-refractivity contribution in [2.24, 2.45) is 5.16 Å². The summed E-state index contributed by atoms with van der Waals surface area (Å²) >= 11 is 3.41. The maximum absolute atomic E-state index is 11.2. The number of ether oxygens (including phenoxy) is 3. The number of rotatable bonds is 6.